The van der Waals surface area contributed by atoms with Gasteiger partial charge in [-0.3, -0.25) is 9.59 Å². The minimum Gasteiger partial charge on any atom is -0.494 e. The minimum atomic E-state index is 0.0328. The van der Waals surface area contributed by atoms with Crippen molar-refractivity contribution in [1.29, 1.82) is 0 Å². The maximum atomic E-state index is 12.2. The molecule has 24 heavy (non-hydrogen) atoms. The van der Waals surface area contributed by atoms with Gasteiger partial charge in [-0.1, -0.05) is 19.1 Å². The monoisotopic (exact) mass is 332 g/mol. The van der Waals surface area contributed by atoms with Crippen LogP contribution in [0.2, 0.25) is 0 Å². The number of rotatable bonds is 7. The van der Waals surface area contributed by atoms with Gasteiger partial charge in [-0.2, -0.15) is 0 Å². The van der Waals surface area contributed by atoms with E-state index in [1.807, 2.05) is 29.2 Å². The van der Waals surface area contributed by atoms with Crippen molar-refractivity contribution in [1.82, 2.24) is 10.2 Å². The molecule has 0 bridgehead atoms. The number of ether oxygens (including phenoxy) is 1. The van der Waals surface area contributed by atoms with Crippen molar-refractivity contribution >= 4 is 11.8 Å². The lowest BCUT2D eigenvalue weighted by atomic mass is 9.96. The Balaban J connectivity index is 1.68. The molecule has 2 rings (SSSR count). The Hall–Kier alpha value is -2.04. The van der Waals surface area contributed by atoms with E-state index in [-0.39, 0.29) is 17.7 Å². The molecule has 1 aliphatic heterocycles. The molecule has 1 aliphatic rings. The van der Waals surface area contributed by atoms with Gasteiger partial charge in [0.25, 0.3) is 0 Å². The van der Waals surface area contributed by atoms with Gasteiger partial charge in [0.05, 0.1) is 6.61 Å². The Morgan fingerprint density at radius 2 is 1.88 bits per heavy atom. The molecule has 0 atom stereocenters. The third kappa shape index (κ3) is 5.55. The molecule has 5 heteroatoms. The summed E-state index contributed by atoms with van der Waals surface area (Å²) < 4.78 is 5.56. The van der Waals surface area contributed by atoms with Crippen molar-refractivity contribution in [3.63, 3.8) is 0 Å². The summed E-state index contributed by atoms with van der Waals surface area (Å²) in [6.45, 7) is 6.41. The van der Waals surface area contributed by atoms with E-state index in [1.165, 1.54) is 5.56 Å². The van der Waals surface area contributed by atoms with Crippen LogP contribution in [0.4, 0.5) is 0 Å². The average Bonchev–Trinajstić information content (AvgIpc) is 2.61. The Kier molecular flexibility index (Phi) is 7.09. The van der Waals surface area contributed by atoms with E-state index in [0.717, 1.165) is 38.0 Å². The van der Waals surface area contributed by atoms with Gasteiger partial charge >= 0.3 is 0 Å². The predicted molar refractivity (Wildman–Crippen MR) is 93.9 cm³/mol. The second-order valence-electron chi connectivity index (χ2n) is 6.31. The van der Waals surface area contributed by atoms with Crippen LogP contribution in [0, 0.1) is 5.92 Å². The number of piperidine rings is 1. The zero-order valence-corrected chi connectivity index (χ0v) is 14.7. The molecule has 1 saturated heterocycles. The van der Waals surface area contributed by atoms with Gasteiger partial charge in [-0.25, -0.2) is 0 Å². The van der Waals surface area contributed by atoms with Gasteiger partial charge in [0.2, 0.25) is 11.8 Å². The number of nitrogens with zero attached hydrogens (tertiary/aromatic N) is 1. The van der Waals surface area contributed by atoms with Crippen LogP contribution in [-0.2, 0) is 16.0 Å². The molecule has 2 amide bonds. The Labute approximate surface area is 144 Å². The number of likely N-dealkylation sites (tertiary alicyclic amines) is 1. The molecule has 1 fully saturated rings. The van der Waals surface area contributed by atoms with E-state index < -0.39 is 0 Å². The number of nitrogens with one attached hydrogen (secondary N) is 1. The van der Waals surface area contributed by atoms with Crippen LogP contribution < -0.4 is 10.1 Å². The van der Waals surface area contributed by atoms with Crippen LogP contribution in [0.5, 0.6) is 5.75 Å². The molecule has 0 aliphatic carbocycles. The van der Waals surface area contributed by atoms with E-state index >= 15 is 0 Å². The summed E-state index contributed by atoms with van der Waals surface area (Å²) in [6, 6.07) is 8.04. The van der Waals surface area contributed by atoms with Crippen LogP contribution in [-0.4, -0.2) is 43.0 Å². The molecule has 5 nitrogen and oxygen atoms in total. The summed E-state index contributed by atoms with van der Waals surface area (Å²) in [6.07, 6.45) is 3.33. The summed E-state index contributed by atoms with van der Waals surface area (Å²) in [5, 5.41) is 3.02. The fourth-order valence-corrected chi connectivity index (χ4v) is 2.90. The number of carbonyl (C=O) groups is 2. The first kappa shape index (κ1) is 18.3. The second-order valence-corrected chi connectivity index (χ2v) is 6.31. The van der Waals surface area contributed by atoms with E-state index in [9.17, 15) is 9.59 Å². The van der Waals surface area contributed by atoms with Gasteiger partial charge in [0.1, 0.15) is 5.75 Å². The zero-order valence-electron chi connectivity index (χ0n) is 14.7. The molecule has 1 aromatic carbocycles. The highest BCUT2D eigenvalue weighted by Crippen LogP contribution is 2.17. The lowest BCUT2D eigenvalue weighted by Gasteiger charge is -2.30. The van der Waals surface area contributed by atoms with Crippen molar-refractivity contribution < 1.29 is 14.3 Å². The van der Waals surface area contributed by atoms with Crippen LogP contribution in [0.25, 0.3) is 0 Å². The molecule has 1 heterocycles. The smallest absolute Gasteiger partial charge is 0.223 e. The van der Waals surface area contributed by atoms with E-state index in [4.69, 9.17) is 4.74 Å². The molecule has 0 aromatic heterocycles. The van der Waals surface area contributed by atoms with Crippen molar-refractivity contribution in [3.8, 4) is 5.75 Å². The summed E-state index contributed by atoms with van der Waals surface area (Å²) in [5.41, 5.74) is 1.19. The molecule has 1 aromatic rings. The fourth-order valence-electron chi connectivity index (χ4n) is 2.90. The molecule has 0 saturated carbocycles. The largest absolute Gasteiger partial charge is 0.494 e. The molecule has 132 valence electrons. The van der Waals surface area contributed by atoms with Crippen LogP contribution in [0.1, 0.15) is 38.7 Å². The zero-order chi connectivity index (χ0) is 17.4. The molecular formula is C19H28N2O3. The van der Waals surface area contributed by atoms with E-state index in [2.05, 4.69) is 12.2 Å². The lowest BCUT2D eigenvalue weighted by molar-refractivity contribution is -0.133. The van der Waals surface area contributed by atoms with Crippen LogP contribution in [0.15, 0.2) is 24.3 Å². The summed E-state index contributed by atoms with van der Waals surface area (Å²) in [7, 11) is 0. The first-order chi connectivity index (χ1) is 11.6. The fraction of sp³-hybridized carbons (Fsp3) is 0.579. The van der Waals surface area contributed by atoms with Crippen LogP contribution in [0.3, 0.4) is 0 Å². The SMILES string of the molecule is CCCOc1ccc(CCNC(=O)C2CCN(C(C)=O)CC2)cc1. The van der Waals surface area contributed by atoms with Crippen molar-refractivity contribution in [2.24, 2.45) is 5.92 Å². The highest BCUT2D eigenvalue weighted by Gasteiger charge is 2.25. The lowest BCUT2D eigenvalue weighted by Crippen LogP contribution is -2.42. The molecule has 0 radical (unpaired) electrons. The van der Waals surface area contributed by atoms with Gasteiger partial charge < -0.3 is 15.0 Å². The Morgan fingerprint density at radius 1 is 1.21 bits per heavy atom. The number of benzene rings is 1. The summed E-state index contributed by atoms with van der Waals surface area (Å²) in [5.74, 6) is 1.13. The first-order valence-electron chi connectivity index (χ1n) is 8.85. The minimum absolute atomic E-state index is 0.0328. The summed E-state index contributed by atoms with van der Waals surface area (Å²) >= 11 is 0. The third-order valence-electron chi connectivity index (χ3n) is 4.42. The van der Waals surface area contributed by atoms with Crippen molar-refractivity contribution in [2.75, 3.05) is 26.2 Å². The second kappa shape index (κ2) is 9.30. The maximum Gasteiger partial charge on any atom is 0.223 e. The number of amides is 2. The molecule has 0 spiro atoms. The average molecular weight is 332 g/mol. The third-order valence-corrected chi connectivity index (χ3v) is 4.42. The molecular weight excluding hydrogens is 304 g/mol. The van der Waals surface area contributed by atoms with Crippen molar-refractivity contribution in [2.45, 2.75) is 39.5 Å². The topological polar surface area (TPSA) is 58.6 Å². The molecule has 0 unspecified atom stereocenters. The van der Waals surface area contributed by atoms with Crippen LogP contribution >= 0.6 is 0 Å². The Bertz CT molecular complexity index is 534. The van der Waals surface area contributed by atoms with E-state index in [1.54, 1.807) is 6.92 Å². The summed E-state index contributed by atoms with van der Waals surface area (Å²) in [4.78, 5) is 25.3. The van der Waals surface area contributed by atoms with E-state index in [0.29, 0.717) is 19.6 Å². The standard InChI is InChI=1S/C19H28N2O3/c1-3-14-24-18-6-4-16(5-7-18)8-11-20-19(23)17-9-12-21(13-10-17)15(2)22/h4-7,17H,3,8-14H2,1-2H3,(H,20,23). The molecule has 1 N–H and O–H groups in total. The predicted octanol–water partition coefficient (Wildman–Crippen LogP) is 2.39. The number of hydrogen-bond acceptors (Lipinski definition) is 3. The van der Waals surface area contributed by atoms with Crippen molar-refractivity contribution in [3.05, 3.63) is 29.8 Å². The van der Waals surface area contributed by atoms with Gasteiger partial charge in [-0.15, -0.1) is 0 Å². The highest BCUT2D eigenvalue weighted by atomic mass is 16.5. The first-order valence-corrected chi connectivity index (χ1v) is 8.85. The van der Waals surface area contributed by atoms with Gasteiger partial charge in [0, 0.05) is 32.5 Å². The quantitative estimate of drug-likeness (QED) is 0.834. The number of hydrogen-bond donors (Lipinski definition) is 1. The number of carbonyl (C=O) groups excluding carboxylic acids is 2. The Morgan fingerprint density at radius 3 is 2.46 bits per heavy atom. The van der Waals surface area contributed by atoms with Gasteiger partial charge in [-0.05, 0) is 43.4 Å². The highest BCUT2D eigenvalue weighted by molar-refractivity contribution is 5.79. The van der Waals surface area contributed by atoms with Gasteiger partial charge in [0.15, 0.2) is 0 Å². The maximum absolute atomic E-state index is 12.2. The normalized spacial score (nSPS) is 15.2.